The number of hydrogen-bond acceptors (Lipinski definition) is 5. The minimum absolute atomic E-state index is 0.460. The molecule has 1 aromatic rings. The van der Waals surface area contributed by atoms with E-state index in [-0.39, 0.29) is 0 Å². The predicted molar refractivity (Wildman–Crippen MR) is 73.9 cm³/mol. The Bertz CT molecular complexity index is 375. The van der Waals surface area contributed by atoms with Crippen molar-refractivity contribution in [2.45, 2.75) is 13.3 Å². The van der Waals surface area contributed by atoms with Gasteiger partial charge in [0.2, 0.25) is 5.88 Å². The van der Waals surface area contributed by atoms with Gasteiger partial charge in [0.05, 0.1) is 23.0 Å². The second-order valence-corrected chi connectivity index (χ2v) is 4.56. The van der Waals surface area contributed by atoms with Crippen LogP contribution < -0.4 is 10.5 Å². The summed E-state index contributed by atoms with van der Waals surface area (Å²) >= 11 is 3.41. The Labute approximate surface area is 116 Å². The lowest BCUT2D eigenvalue weighted by Gasteiger charge is -2.10. The Kier molecular flexibility index (Phi) is 7.00. The molecule has 0 saturated heterocycles. The zero-order chi connectivity index (χ0) is 13.4. The maximum absolute atomic E-state index is 5.73. The number of ether oxygens (including phenoxy) is 3. The molecule has 1 heterocycles. The first-order valence-electron chi connectivity index (χ1n) is 5.77. The van der Waals surface area contributed by atoms with E-state index in [9.17, 15) is 0 Å². The van der Waals surface area contributed by atoms with Crippen LogP contribution in [0.5, 0.6) is 5.88 Å². The number of anilines is 1. The van der Waals surface area contributed by atoms with Crippen LogP contribution >= 0.6 is 15.9 Å². The first-order valence-corrected chi connectivity index (χ1v) is 6.56. The molecule has 0 bridgehead atoms. The van der Waals surface area contributed by atoms with E-state index < -0.39 is 0 Å². The number of halogens is 1. The van der Waals surface area contributed by atoms with Crippen molar-refractivity contribution in [3.8, 4) is 5.88 Å². The van der Waals surface area contributed by atoms with Crippen LogP contribution in [0.2, 0.25) is 0 Å². The SMILES string of the molecule is COCCCOCCOc1ncc(N)c(C)c1Br. The molecule has 0 fully saturated rings. The van der Waals surface area contributed by atoms with Gasteiger partial charge in [0.15, 0.2) is 0 Å². The number of pyridine rings is 1. The van der Waals surface area contributed by atoms with Gasteiger partial charge in [0, 0.05) is 20.3 Å². The zero-order valence-electron chi connectivity index (χ0n) is 10.7. The molecule has 0 aliphatic rings. The summed E-state index contributed by atoms with van der Waals surface area (Å²) in [4.78, 5) is 4.12. The molecule has 102 valence electrons. The van der Waals surface area contributed by atoms with Crippen molar-refractivity contribution < 1.29 is 14.2 Å². The molecule has 18 heavy (non-hydrogen) atoms. The first kappa shape index (κ1) is 15.2. The van der Waals surface area contributed by atoms with Crippen LogP contribution in [0.15, 0.2) is 10.7 Å². The highest BCUT2D eigenvalue weighted by Gasteiger charge is 2.08. The van der Waals surface area contributed by atoms with Crippen LogP contribution in [0.25, 0.3) is 0 Å². The van der Waals surface area contributed by atoms with Gasteiger partial charge in [-0.1, -0.05) is 0 Å². The number of methoxy groups -OCH3 is 1. The maximum Gasteiger partial charge on any atom is 0.228 e. The fourth-order valence-corrected chi connectivity index (χ4v) is 1.72. The third kappa shape index (κ3) is 4.80. The molecule has 0 aromatic carbocycles. The van der Waals surface area contributed by atoms with Crippen molar-refractivity contribution in [2.75, 3.05) is 39.3 Å². The van der Waals surface area contributed by atoms with E-state index in [0.717, 1.165) is 16.5 Å². The van der Waals surface area contributed by atoms with Crippen molar-refractivity contribution in [1.82, 2.24) is 4.98 Å². The lowest BCUT2D eigenvalue weighted by Crippen LogP contribution is -2.10. The van der Waals surface area contributed by atoms with E-state index in [4.69, 9.17) is 19.9 Å². The predicted octanol–water partition coefficient (Wildman–Crippen LogP) is 2.17. The van der Waals surface area contributed by atoms with Gasteiger partial charge in [0.1, 0.15) is 6.61 Å². The summed E-state index contributed by atoms with van der Waals surface area (Å²) in [6, 6.07) is 0. The van der Waals surface area contributed by atoms with Gasteiger partial charge in [-0.15, -0.1) is 0 Å². The van der Waals surface area contributed by atoms with Gasteiger partial charge in [-0.2, -0.15) is 0 Å². The van der Waals surface area contributed by atoms with Gasteiger partial charge in [-0.3, -0.25) is 0 Å². The molecule has 0 unspecified atom stereocenters. The van der Waals surface area contributed by atoms with Gasteiger partial charge >= 0.3 is 0 Å². The van der Waals surface area contributed by atoms with Crippen molar-refractivity contribution in [1.29, 1.82) is 0 Å². The molecule has 0 amide bonds. The minimum atomic E-state index is 0.460. The van der Waals surface area contributed by atoms with Crippen LogP contribution in [0.4, 0.5) is 5.69 Å². The quantitative estimate of drug-likeness (QED) is 0.744. The van der Waals surface area contributed by atoms with Crippen LogP contribution in [-0.4, -0.2) is 38.5 Å². The highest BCUT2D eigenvalue weighted by atomic mass is 79.9. The fourth-order valence-electron chi connectivity index (χ4n) is 1.27. The molecule has 0 atom stereocenters. The average molecular weight is 319 g/mol. The third-order valence-electron chi connectivity index (χ3n) is 2.37. The number of nitrogens with zero attached hydrogens (tertiary/aromatic N) is 1. The fraction of sp³-hybridized carbons (Fsp3) is 0.583. The van der Waals surface area contributed by atoms with Gasteiger partial charge in [-0.25, -0.2) is 4.98 Å². The highest BCUT2D eigenvalue weighted by Crippen LogP contribution is 2.29. The second kappa shape index (κ2) is 8.29. The average Bonchev–Trinajstić information content (AvgIpc) is 2.37. The monoisotopic (exact) mass is 318 g/mol. The largest absolute Gasteiger partial charge is 0.474 e. The van der Waals surface area contributed by atoms with Gasteiger partial charge in [0.25, 0.3) is 0 Å². The van der Waals surface area contributed by atoms with E-state index in [2.05, 4.69) is 20.9 Å². The smallest absolute Gasteiger partial charge is 0.228 e. The summed E-state index contributed by atoms with van der Waals surface area (Å²) in [5, 5.41) is 0. The minimum Gasteiger partial charge on any atom is -0.474 e. The topological polar surface area (TPSA) is 66.6 Å². The third-order valence-corrected chi connectivity index (χ3v) is 3.31. The Morgan fingerprint density at radius 3 is 2.78 bits per heavy atom. The van der Waals surface area contributed by atoms with E-state index in [0.29, 0.717) is 38.0 Å². The molecule has 1 rings (SSSR count). The molecule has 5 nitrogen and oxygen atoms in total. The Hall–Kier alpha value is -0.850. The van der Waals surface area contributed by atoms with Crippen molar-refractivity contribution >= 4 is 21.6 Å². The van der Waals surface area contributed by atoms with E-state index >= 15 is 0 Å². The molecule has 0 saturated carbocycles. The molecular formula is C12H19BrN2O3. The molecule has 2 N–H and O–H groups in total. The Morgan fingerprint density at radius 2 is 2.06 bits per heavy atom. The second-order valence-electron chi connectivity index (χ2n) is 3.76. The summed E-state index contributed by atoms with van der Waals surface area (Å²) < 4.78 is 16.6. The van der Waals surface area contributed by atoms with Crippen LogP contribution in [0.1, 0.15) is 12.0 Å². The molecule has 6 heteroatoms. The molecule has 0 aliphatic heterocycles. The summed E-state index contributed by atoms with van der Waals surface area (Å²) in [6.45, 7) is 4.29. The number of aromatic nitrogens is 1. The highest BCUT2D eigenvalue weighted by molar-refractivity contribution is 9.10. The molecule has 1 aromatic heterocycles. The Balaban J connectivity index is 2.25. The van der Waals surface area contributed by atoms with Crippen LogP contribution in [-0.2, 0) is 9.47 Å². The number of rotatable bonds is 8. The number of hydrogen-bond donors (Lipinski definition) is 1. The van der Waals surface area contributed by atoms with Gasteiger partial charge < -0.3 is 19.9 Å². The van der Waals surface area contributed by atoms with E-state index in [1.807, 2.05) is 6.92 Å². The maximum atomic E-state index is 5.73. The molecular weight excluding hydrogens is 300 g/mol. The summed E-state index contributed by atoms with van der Waals surface area (Å²) in [6.07, 6.45) is 2.48. The first-order chi connectivity index (χ1) is 8.66. The van der Waals surface area contributed by atoms with E-state index in [1.165, 1.54) is 0 Å². The molecule has 0 aliphatic carbocycles. The van der Waals surface area contributed by atoms with Crippen molar-refractivity contribution in [3.63, 3.8) is 0 Å². The van der Waals surface area contributed by atoms with Gasteiger partial charge in [-0.05, 0) is 34.8 Å². The van der Waals surface area contributed by atoms with Crippen molar-refractivity contribution in [3.05, 3.63) is 16.2 Å². The zero-order valence-corrected chi connectivity index (χ0v) is 12.3. The molecule has 0 radical (unpaired) electrons. The summed E-state index contributed by atoms with van der Waals surface area (Å²) in [5.41, 5.74) is 7.30. The Morgan fingerprint density at radius 1 is 1.28 bits per heavy atom. The molecule has 0 spiro atoms. The van der Waals surface area contributed by atoms with Crippen LogP contribution in [0, 0.1) is 6.92 Å². The van der Waals surface area contributed by atoms with E-state index in [1.54, 1.807) is 13.3 Å². The number of nitrogen functional groups attached to an aromatic ring is 1. The summed E-state index contributed by atoms with van der Waals surface area (Å²) in [5.74, 6) is 0.544. The lowest BCUT2D eigenvalue weighted by atomic mass is 10.2. The van der Waals surface area contributed by atoms with Crippen LogP contribution in [0.3, 0.4) is 0 Å². The standard InChI is InChI=1S/C12H19BrN2O3/c1-9-10(14)8-15-12(11(9)13)18-7-6-17-5-3-4-16-2/h8H,3-7,14H2,1-2H3. The van der Waals surface area contributed by atoms with Crippen molar-refractivity contribution in [2.24, 2.45) is 0 Å². The summed E-state index contributed by atoms with van der Waals surface area (Å²) in [7, 11) is 1.68. The number of nitrogens with two attached hydrogens (primary N) is 1. The lowest BCUT2D eigenvalue weighted by molar-refractivity contribution is 0.0793. The normalized spacial score (nSPS) is 10.6.